The van der Waals surface area contributed by atoms with Crippen molar-refractivity contribution in [1.29, 1.82) is 0 Å². The van der Waals surface area contributed by atoms with Gasteiger partial charge in [-0.05, 0) is 94.3 Å². The summed E-state index contributed by atoms with van der Waals surface area (Å²) in [5.74, 6) is 1.30. The van der Waals surface area contributed by atoms with Crippen LogP contribution >= 0.6 is 11.6 Å². The molecule has 6 rings (SSSR count). The van der Waals surface area contributed by atoms with Gasteiger partial charge in [-0.25, -0.2) is 9.28 Å². The zero-order chi connectivity index (χ0) is 32.5. The van der Waals surface area contributed by atoms with E-state index in [4.69, 9.17) is 11.6 Å². The summed E-state index contributed by atoms with van der Waals surface area (Å²) in [6, 6.07) is 13.3. The molecular weight excluding hydrogens is 602 g/mol. The summed E-state index contributed by atoms with van der Waals surface area (Å²) < 4.78 is -0.268. The molecule has 3 saturated heterocycles. The van der Waals surface area contributed by atoms with Crippen LogP contribution in [-0.4, -0.2) is 101 Å². The Hall–Kier alpha value is -2.98. The van der Waals surface area contributed by atoms with Crippen LogP contribution in [0, 0.1) is 18.8 Å². The number of amides is 3. The quantitative estimate of drug-likeness (QED) is 0.273. The van der Waals surface area contributed by atoms with Crippen molar-refractivity contribution in [1.82, 2.24) is 14.7 Å². The van der Waals surface area contributed by atoms with Crippen LogP contribution < -0.4 is 5.32 Å². The summed E-state index contributed by atoms with van der Waals surface area (Å²) in [6.45, 7) is 6.77. The van der Waals surface area contributed by atoms with E-state index in [-0.39, 0.29) is 29.5 Å². The fourth-order valence-electron chi connectivity index (χ4n) is 9.06. The topological polar surface area (TPSA) is 93.2 Å². The van der Waals surface area contributed by atoms with E-state index >= 15 is 0 Å². The minimum absolute atomic E-state index is 0.0873. The number of rotatable bonds is 7. The number of fused-ring (bicyclic) bond motifs is 1. The number of aldehydes is 1. The molecule has 3 amide bonds. The van der Waals surface area contributed by atoms with E-state index in [1.54, 1.807) is 0 Å². The fourth-order valence-corrected chi connectivity index (χ4v) is 9.26. The Labute approximate surface area is 278 Å². The Balaban J connectivity index is 1.35. The van der Waals surface area contributed by atoms with Gasteiger partial charge in [0.2, 0.25) is 0 Å². The Kier molecular flexibility index (Phi) is 9.76. The molecule has 9 nitrogen and oxygen atoms in total. The number of piperidine rings is 3. The minimum atomic E-state index is -1.01. The average Bonchev–Trinajstić information content (AvgIpc) is 3.22. The first kappa shape index (κ1) is 32.9. The second kappa shape index (κ2) is 13.6. The number of carboxylic acid groups (broad SMARTS) is 1. The van der Waals surface area contributed by atoms with Crippen molar-refractivity contribution in [2.75, 3.05) is 51.6 Å². The number of anilines is 1. The number of aryl methyl sites for hydroxylation is 1. The molecule has 3 fully saturated rings. The van der Waals surface area contributed by atoms with E-state index in [1.807, 2.05) is 54.3 Å². The molecule has 0 spiro atoms. The molecule has 2 aromatic rings. The molecule has 248 valence electrons. The van der Waals surface area contributed by atoms with E-state index in [0.29, 0.717) is 42.8 Å². The molecular formula is C36H49ClN5O4+. The number of hydrogen-bond donors (Lipinski definition) is 2. The number of nitrogens with one attached hydrogen (secondary N) is 1. The molecule has 2 aromatic carbocycles. The monoisotopic (exact) mass is 650 g/mol. The minimum Gasteiger partial charge on any atom is -0.435 e. The highest BCUT2D eigenvalue weighted by molar-refractivity contribution is 6.31. The number of benzene rings is 2. The SMILES string of the molecule is Cc1ccc(C[N@+]2(C(=O)O)CCC(N3CCc4ccccc4NC3=O)CC2(CC=O)N2CCC(C3CCN(C)CC3)CC2)cc1Cl. The smallest absolute Gasteiger partial charge is 0.435 e. The third-order valence-corrected chi connectivity index (χ3v) is 12.2. The Morgan fingerprint density at radius 3 is 2.41 bits per heavy atom. The van der Waals surface area contributed by atoms with Gasteiger partial charge in [0.1, 0.15) is 12.8 Å². The number of likely N-dealkylation sites (tertiary alicyclic amines) is 3. The maximum Gasteiger partial charge on any atom is 0.515 e. The van der Waals surface area contributed by atoms with Crippen molar-refractivity contribution in [3.63, 3.8) is 0 Å². The molecule has 0 radical (unpaired) electrons. The number of hydrogen-bond acceptors (Lipinski definition) is 5. The highest BCUT2D eigenvalue weighted by Gasteiger charge is 2.64. The van der Waals surface area contributed by atoms with Crippen molar-refractivity contribution >= 4 is 35.7 Å². The predicted molar refractivity (Wildman–Crippen MR) is 180 cm³/mol. The van der Waals surface area contributed by atoms with Crippen molar-refractivity contribution in [2.45, 2.75) is 76.5 Å². The number of halogens is 1. The first-order chi connectivity index (χ1) is 22.2. The van der Waals surface area contributed by atoms with Gasteiger partial charge in [-0.3, -0.25) is 4.90 Å². The van der Waals surface area contributed by atoms with E-state index in [2.05, 4.69) is 22.2 Å². The highest BCUT2D eigenvalue weighted by atomic mass is 35.5. The Bertz CT molecular complexity index is 1440. The predicted octanol–water partition coefficient (Wildman–Crippen LogP) is 6.23. The van der Waals surface area contributed by atoms with Gasteiger partial charge >= 0.3 is 12.1 Å². The normalized spacial score (nSPS) is 28.7. The summed E-state index contributed by atoms with van der Waals surface area (Å²) in [5.41, 5.74) is 2.69. The molecule has 0 aliphatic carbocycles. The lowest BCUT2D eigenvalue weighted by Crippen LogP contribution is -2.78. The van der Waals surface area contributed by atoms with Gasteiger partial charge in [0.05, 0.1) is 13.0 Å². The standard InChI is InChI=1S/C36H48ClN5O4/c1-26-7-8-27(23-32(26)37)25-42(35(45)46)21-14-31(41-20-13-30-5-3-4-6-33(30)38-34(41)44)24-36(42,15-22-43)40-18-11-29(12-19-40)28-9-16-39(2)17-10-28/h3-8,22-23,28-29,31H,9-21,24-25H2,1-2H3,(H-,38,44,45,46)/p+1/t31?,36?,42-/m0/s1. The summed E-state index contributed by atoms with van der Waals surface area (Å²) in [7, 11) is 2.19. The number of carbonyl (C=O) groups is 3. The van der Waals surface area contributed by atoms with Gasteiger partial charge in [0, 0.05) is 54.8 Å². The van der Waals surface area contributed by atoms with E-state index in [9.17, 15) is 19.5 Å². The van der Waals surface area contributed by atoms with Crippen LogP contribution in [0.5, 0.6) is 0 Å². The van der Waals surface area contributed by atoms with Crippen LogP contribution in [0.2, 0.25) is 5.02 Å². The third kappa shape index (κ3) is 6.19. The fraction of sp³-hybridized carbons (Fsp3) is 0.583. The largest absolute Gasteiger partial charge is 0.515 e. The van der Waals surface area contributed by atoms with E-state index in [1.165, 1.54) is 12.8 Å². The van der Waals surface area contributed by atoms with Crippen LogP contribution in [0.1, 0.15) is 61.6 Å². The molecule has 0 bridgehead atoms. The van der Waals surface area contributed by atoms with Gasteiger partial charge in [-0.2, -0.15) is 4.79 Å². The van der Waals surface area contributed by atoms with Crippen LogP contribution in [0.4, 0.5) is 15.3 Å². The van der Waals surface area contributed by atoms with Gasteiger partial charge < -0.3 is 25.0 Å². The van der Waals surface area contributed by atoms with Crippen molar-refractivity contribution < 1.29 is 24.0 Å². The molecule has 0 aromatic heterocycles. The zero-order valence-corrected chi connectivity index (χ0v) is 28.1. The Morgan fingerprint density at radius 2 is 1.74 bits per heavy atom. The number of nitrogens with zero attached hydrogens (tertiary/aromatic N) is 4. The molecule has 3 atom stereocenters. The molecule has 4 heterocycles. The lowest BCUT2D eigenvalue weighted by molar-refractivity contribution is -0.942. The molecule has 2 N–H and O–H groups in total. The number of urea groups is 1. The maximum atomic E-state index is 13.8. The number of carbonyl (C=O) groups excluding carboxylic acids is 2. The first-order valence-corrected chi connectivity index (χ1v) is 17.4. The number of para-hydroxylation sites is 1. The summed E-state index contributed by atoms with van der Waals surface area (Å²) in [5, 5.41) is 15.0. The van der Waals surface area contributed by atoms with E-state index < -0.39 is 11.8 Å². The van der Waals surface area contributed by atoms with Crippen LogP contribution in [0.3, 0.4) is 0 Å². The average molecular weight is 651 g/mol. The van der Waals surface area contributed by atoms with Gasteiger partial charge in [0.15, 0.2) is 5.66 Å². The molecule has 2 unspecified atom stereocenters. The molecule has 46 heavy (non-hydrogen) atoms. The zero-order valence-electron chi connectivity index (χ0n) is 27.3. The van der Waals surface area contributed by atoms with Crippen LogP contribution in [-0.2, 0) is 17.8 Å². The molecule has 0 saturated carbocycles. The van der Waals surface area contributed by atoms with E-state index in [0.717, 1.165) is 74.1 Å². The van der Waals surface area contributed by atoms with Crippen LogP contribution in [0.15, 0.2) is 42.5 Å². The second-order valence-electron chi connectivity index (χ2n) is 14.2. The van der Waals surface area contributed by atoms with Gasteiger partial charge in [-0.1, -0.05) is 41.9 Å². The summed E-state index contributed by atoms with van der Waals surface area (Å²) in [4.78, 5) is 46.8. The van der Waals surface area contributed by atoms with Crippen molar-refractivity contribution in [2.24, 2.45) is 11.8 Å². The summed E-state index contributed by atoms with van der Waals surface area (Å²) >= 11 is 6.56. The van der Waals surface area contributed by atoms with Crippen molar-refractivity contribution in [3.05, 3.63) is 64.2 Å². The van der Waals surface area contributed by atoms with Gasteiger partial charge in [-0.15, -0.1) is 0 Å². The maximum absolute atomic E-state index is 13.8. The molecule has 4 aliphatic rings. The van der Waals surface area contributed by atoms with Crippen molar-refractivity contribution in [3.8, 4) is 0 Å². The first-order valence-electron chi connectivity index (χ1n) is 17.0. The Morgan fingerprint density at radius 1 is 1.04 bits per heavy atom. The third-order valence-electron chi connectivity index (χ3n) is 11.8. The second-order valence-corrected chi connectivity index (χ2v) is 14.6. The van der Waals surface area contributed by atoms with Gasteiger partial charge in [0.25, 0.3) is 0 Å². The highest BCUT2D eigenvalue weighted by Crippen LogP contribution is 2.47. The number of quaternary nitrogens is 1. The van der Waals surface area contributed by atoms with Crippen LogP contribution in [0.25, 0.3) is 0 Å². The molecule has 4 aliphatic heterocycles. The summed E-state index contributed by atoms with van der Waals surface area (Å²) in [6.07, 6.45) is 6.15. The lowest BCUT2D eigenvalue weighted by atomic mass is 9.76. The lowest BCUT2D eigenvalue weighted by Gasteiger charge is -2.59. The molecule has 10 heteroatoms.